The van der Waals surface area contributed by atoms with E-state index in [1.54, 1.807) is 0 Å². The predicted molar refractivity (Wildman–Crippen MR) is 103 cm³/mol. The Morgan fingerprint density at radius 3 is 2.44 bits per heavy atom. The summed E-state index contributed by atoms with van der Waals surface area (Å²) >= 11 is 0. The van der Waals surface area contributed by atoms with Gasteiger partial charge < -0.3 is 15.0 Å². The smallest absolute Gasteiger partial charge is 0.262 e. The zero-order valence-corrected chi connectivity index (χ0v) is 15.3. The van der Waals surface area contributed by atoms with Crippen molar-refractivity contribution in [2.75, 3.05) is 29.9 Å². The van der Waals surface area contributed by atoms with E-state index >= 15 is 0 Å². The summed E-state index contributed by atoms with van der Waals surface area (Å²) in [4.78, 5) is 14.6. The Balaban J connectivity index is 1.57. The lowest BCUT2D eigenvalue weighted by atomic mass is 10.1. The molecular formula is C21H26N2O2. The quantitative estimate of drug-likeness (QED) is 0.887. The van der Waals surface area contributed by atoms with Gasteiger partial charge in [-0.15, -0.1) is 0 Å². The molecule has 4 heteroatoms. The summed E-state index contributed by atoms with van der Waals surface area (Å²) in [5.41, 5.74) is 5.52. The molecule has 2 aromatic rings. The maximum Gasteiger partial charge on any atom is 0.262 e. The maximum atomic E-state index is 12.2. The number of benzene rings is 2. The van der Waals surface area contributed by atoms with Crippen LogP contribution in [0.25, 0.3) is 0 Å². The summed E-state index contributed by atoms with van der Waals surface area (Å²) in [7, 11) is 0. The van der Waals surface area contributed by atoms with Gasteiger partial charge in [0, 0.05) is 24.5 Å². The first-order valence-corrected chi connectivity index (χ1v) is 8.88. The molecule has 0 aliphatic carbocycles. The third-order valence-electron chi connectivity index (χ3n) is 4.80. The van der Waals surface area contributed by atoms with Crippen molar-refractivity contribution in [3.63, 3.8) is 0 Å². The van der Waals surface area contributed by atoms with Gasteiger partial charge in [-0.2, -0.15) is 0 Å². The highest BCUT2D eigenvalue weighted by Gasteiger charge is 2.13. The summed E-state index contributed by atoms with van der Waals surface area (Å²) in [5.74, 6) is 0.578. The molecule has 1 aliphatic rings. The number of carbonyl (C=O) groups is 1. The zero-order chi connectivity index (χ0) is 17.8. The summed E-state index contributed by atoms with van der Waals surface area (Å²) in [6, 6.07) is 12.1. The lowest BCUT2D eigenvalue weighted by Crippen LogP contribution is -2.21. The number of nitrogens with zero attached hydrogens (tertiary/aromatic N) is 1. The van der Waals surface area contributed by atoms with E-state index in [0.29, 0.717) is 0 Å². The van der Waals surface area contributed by atoms with Crippen molar-refractivity contribution in [2.45, 2.75) is 33.6 Å². The van der Waals surface area contributed by atoms with Crippen LogP contribution in [0.4, 0.5) is 11.4 Å². The molecule has 0 aromatic heterocycles. The molecule has 0 spiro atoms. The second-order valence-corrected chi connectivity index (χ2v) is 6.78. The third-order valence-corrected chi connectivity index (χ3v) is 4.80. The monoisotopic (exact) mass is 338 g/mol. The summed E-state index contributed by atoms with van der Waals surface area (Å²) in [5, 5.41) is 2.94. The Morgan fingerprint density at radius 1 is 1.00 bits per heavy atom. The van der Waals surface area contributed by atoms with Gasteiger partial charge >= 0.3 is 0 Å². The van der Waals surface area contributed by atoms with Gasteiger partial charge in [-0.1, -0.05) is 6.07 Å². The molecule has 0 radical (unpaired) electrons. The molecule has 1 fully saturated rings. The summed E-state index contributed by atoms with van der Waals surface area (Å²) in [6.07, 6.45) is 2.51. The average Bonchev–Trinajstić information content (AvgIpc) is 3.12. The number of amides is 1. The van der Waals surface area contributed by atoms with E-state index < -0.39 is 0 Å². The number of anilines is 2. The van der Waals surface area contributed by atoms with E-state index in [4.69, 9.17) is 4.74 Å². The molecule has 0 bridgehead atoms. The normalized spacial score (nSPS) is 13.8. The highest BCUT2D eigenvalue weighted by molar-refractivity contribution is 5.92. The van der Waals surface area contributed by atoms with Crippen LogP contribution in [0.2, 0.25) is 0 Å². The molecule has 1 N–H and O–H groups in total. The Hall–Kier alpha value is -2.49. The van der Waals surface area contributed by atoms with Crippen LogP contribution < -0.4 is 15.0 Å². The molecule has 1 saturated heterocycles. The minimum atomic E-state index is -0.143. The molecular weight excluding hydrogens is 312 g/mol. The van der Waals surface area contributed by atoms with Gasteiger partial charge in [0.15, 0.2) is 6.61 Å². The SMILES string of the molecule is Cc1ccc(OCC(=O)Nc2ccc(N3CCCC3)cc2C)cc1C. The molecule has 3 rings (SSSR count). The van der Waals surface area contributed by atoms with E-state index in [1.165, 1.54) is 24.1 Å². The lowest BCUT2D eigenvalue weighted by Gasteiger charge is -2.19. The number of nitrogens with one attached hydrogen (secondary N) is 1. The van der Waals surface area contributed by atoms with Gasteiger partial charge in [0.2, 0.25) is 0 Å². The van der Waals surface area contributed by atoms with Crippen LogP contribution in [0.3, 0.4) is 0 Å². The first kappa shape index (κ1) is 17.3. The fourth-order valence-corrected chi connectivity index (χ4v) is 3.10. The Kier molecular flexibility index (Phi) is 5.27. The maximum absolute atomic E-state index is 12.2. The van der Waals surface area contributed by atoms with Gasteiger partial charge in [-0.3, -0.25) is 4.79 Å². The molecule has 4 nitrogen and oxygen atoms in total. The molecule has 0 saturated carbocycles. The lowest BCUT2D eigenvalue weighted by molar-refractivity contribution is -0.118. The minimum Gasteiger partial charge on any atom is -0.484 e. The predicted octanol–water partition coefficient (Wildman–Crippen LogP) is 4.23. The van der Waals surface area contributed by atoms with E-state index in [9.17, 15) is 4.79 Å². The van der Waals surface area contributed by atoms with Crippen molar-refractivity contribution in [2.24, 2.45) is 0 Å². The van der Waals surface area contributed by atoms with Crippen LogP contribution in [0, 0.1) is 20.8 Å². The standard InChI is InChI=1S/C21H26N2O2/c1-15-6-8-19(13-16(15)2)25-14-21(24)22-20-9-7-18(12-17(20)3)23-10-4-5-11-23/h6-9,12-13H,4-5,10-11,14H2,1-3H3,(H,22,24). The Labute approximate surface area is 149 Å². The van der Waals surface area contributed by atoms with E-state index in [2.05, 4.69) is 29.3 Å². The number of hydrogen-bond acceptors (Lipinski definition) is 3. The van der Waals surface area contributed by atoms with Crippen LogP contribution in [0.5, 0.6) is 5.75 Å². The second kappa shape index (κ2) is 7.60. The molecule has 1 aliphatic heterocycles. The first-order valence-electron chi connectivity index (χ1n) is 8.88. The zero-order valence-electron chi connectivity index (χ0n) is 15.3. The number of ether oxygens (including phenoxy) is 1. The van der Waals surface area contributed by atoms with Crippen molar-refractivity contribution >= 4 is 17.3 Å². The van der Waals surface area contributed by atoms with Crippen LogP contribution in [-0.2, 0) is 4.79 Å². The van der Waals surface area contributed by atoms with Crippen molar-refractivity contribution in [1.29, 1.82) is 0 Å². The Bertz CT molecular complexity index is 764. The van der Waals surface area contributed by atoms with Gasteiger partial charge in [-0.25, -0.2) is 0 Å². The molecule has 1 heterocycles. The second-order valence-electron chi connectivity index (χ2n) is 6.78. The largest absolute Gasteiger partial charge is 0.484 e. The summed E-state index contributed by atoms with van der Waals surface area (Å²) in [6.45, 7) is 8.37. The highest BCUT2D eigenvalue weighted by Crippen LogP contribution is 2.25. The van der Waals surface area contributed by atoms with Gasteiger partial charge in [0.05, 0.1) is 0 Å². The third kappa shape index (κ3) is 4.32. The van der Waals surface area contributed by atoms with Gasteiger partial charge in [0.1, 0.15) is 5.75 Å². The molecule has 2 aromatic carbocycles. The number of carbonyl (C=O) groups excluding carboxylic acids is 1. The minimum absolute atomic E-state index is 0.00974. The fourth-order valence-electron chi connectivity index (χ4n) is 3.10. The summed E-state index contributed by atoms with van der Waals surface area (Å²) < 4.78 is 5.60. The average molecular weight is 338 g/mol. The van der Waals surface area contributed by atoms with E-state index in [-0.39, 0.29) is 12.5 Å². The van der Waals surface area contributed by atoms with Crippen LogP contribution in [0.15, 0.2) is 36.4 Å². The van der Waals surface area contributed by atoms with Crippen LogP contribution in [0.1, 0.15) is 29.5 Å². The topological polar surface area (TPSA) is 41.6 Å². The molecule has 132 valence electrons. The Morgan fingerprint density at radius 2 is 1.76 bits per heavy atom. The molecule has 1 amide bonds. The first-order chi connectivity index (χ1) is 12.0. The van der Waals surface area contributed by atoms with Crippen molar-refractivity contribution in [1.82, 2.24) is 0 Å². The van der Waals surface area contributed by atoms with Crippen molar-refractivity contribution in [3.8, 4) is 5.75 Å². The van der Waals surface area contributed by atoms with E-state index in [0.717, 1.165) is 35.7 Å². The van der Waals surface area contributed by atoms with Gasteiger partial charge in [-0.05, 0) is 80.6 Å². The molecule has 0 atom stereocenters. The fraction of sp³-hybridized carbons (Fsp3) is 0.381. The van der Waals surface area contributed by atoms with Gasteiger partial charge in [0.25, 0.3) is 5.91 Å². The van der Waals surface area contributed by atoms with Crippen LogP contribution in [-0.4, -0.2) is 25.6 Å². The van der Waals surface area contributed by atoms with Crippen molar-refractivity contribution < 1.29 is 9.53 Å². The number of hydrogen-bond donors (Lipinski definition) is 1. The highest BCUT2D eigenvalue weighted by atomic mass is 16.5. The molecule has 25 heavy (non-hydrogen) atoms. The molecule has 0 unspecified atom stereocenters. The number of rotatable bonds is 5. The van der Waals surface area contributed by atoms with Crippen molar-refractivity contribution in [3.05, 3.63) is 53.1 Å². The van der Waals surface area contributed by atoms with Crippen LogP contribution >= 0.6 is 0 Å². The number of aryl methyl sites for hydroxylation is 3. The van der Waals surface area contributed by atoms with E-state index in [1.807, 2.05) is 38.1 Å².